The van der Waals surface area contributed by atoms with Crippen LogP contribution < -0.4 is 5.73 Å². The predicted molar refractivity (Wildman–Crippen MR) is 67.8 cm³/mol. The van der Waals surface area contributed by atoms with Gasteiger partial charge in [-0.3, -0.25) is 0 Å². The quantitative estimate of drug-likeness (QED) is 0.713. The molecule has 0 radical (unpaired) electrons. The van der Waals surface area contributed by atoms with Crippen molar-refractivity contribution in [2.75, 3.05) is 0 Å². The van der Waals surface area contributed by atoms with Gasteiger partial charge in [-0.15, -0.1) is 0 Å². The number of benzene rings is 1. The lowest BCUT2D eigenvalue weighted by atomic mass is 9.89. The van der Waals surface area contributed by atoms with Crippen LogP contribution in [0.25, 0.3) is 0 Å². The Morgan fingerprint density at radius 3 is 2.38 bits per heavy atom. The maximum Gasteiger partial charge on any atom is 0.0245 e. The van der Waals surface area contributed by atoms with Gasteiger partial charge in [0.15, 0.2) is 0 Å². The fourth-order valence-corrected chi connectivity index (χ4v) is 2.16. The van der Waals surface area contributed by atoms with Gasteiger partial charge in [0.25, 0.3) is 0 Å². The average molecular weight is 213 g/mol. The molecule has 0 saturated heterocycles. The topological polar surface area (TPSA) is 26.0 Å². The van der Waals surface area contributed by atoms with E-state index in [2.05, 4.69) is 36.1 Å². The predicted octanol–water partition coefficient (Wildman–Crippen LogP) is 3.08. The number of hydrogen-bond acceptors (Lipinski definition) is 1. The summed E-state index contributed by atoms with van der Waals surface area (Å²) in [7, 11) is 0. The summed E-state index contributed by atoms with van der Waals surface area (Å²) in [5, 5.41) is 0. The van der Waals surface area contributed by atoms with Gasteiger partial charge in [-0.25, -0.2) is 0 Å². The van der Waals surface area contributed by atoms with E-state index in [9.17, 15) is 0 Å². The Morgan fingerprint density at radius 2 is 1.75 bits per heavy atom. The second kappa shape index (κ2) is 5.72. The highest BCUT2D eigenvalue weighted by atomic mass is 14.5. The van der Waals surface area contributed by atoms with Crippen molar-refractivity contribution in [2.24, 2.45) is 11.7 Å². The molecule has 2 N–H and O–H groups in total. The van der Waals surface area contributed by atoms with E-state index in [4.69, 9.17) is 5.73 Å². The van der Waals surface area contributed by atoms with Crippen LogP contribution in [0.1, 0.15) is 43.2 Å². The Morgan fingerprint density at radius 1 is 1.06 bits per heavy atom. The first-order chi connectivity index (χ1) is 7.88. The van der Waals surface area contributed by atoms with Crippen LogP contribution in [0.4, 0.5) is 0 Å². The van der Waals surface area contributed by atoms with E-state index < -0.39 is 0 Å². The first-order valence-electron chi connectivity index (χ1n) is 6.19. The highest BCUT2D eigenvalue weighted by Crippen LogP contribution is 2.22. The molecule has 1 saturated carbocycles. The second-order valence-electron chi connectivity index (χ2n) is 4.51. The van der Waals surface area contributed by atoms with Crippen molar-refractivity contribution in [3.05, 3.63) is 35.4 Å². The molecular formula is C15H19N. The third-order valence-corrected chi connectivity index (χ3v) is 3.22. The minimum atomic E-state index is 0.607. The largest absolute Gasteiger partial charge is 0.326 e. The van der Waals surface area contributed by atoms with Gasteiger partial charge in [0.05, 0.1) is 0 Å². The molecule has 0 atom stereocenters. The monoisotopic (exact) mass is 213 g/mol. The molecule has 0 aliphatic heterocycles. The number of nitrogens with two attached hydrogens (primary N) is 1. The minimum absolute atomic E-state index is 0.607. The zero-order valence-electron chi connectivity index (χ0n) is 9.71. The van der Waals surface area contributed by atoms with Crippen LogP contribution in [0.15, 0.2) is 24.3 Å². The highest BCUT2D eigenvalue weighted by Gasteiger charge is 2.09. The van der Waals surface area contributed by atoms with Gasteiger partial charge in [0.1, 0.15) is 0 Å². The zero-order valence-corrected chi connectivity index (χ0v) is 9.71. The first kappa shape index (κ1) is 11.2. The van der Waals surface area contributed by atoms with E-state index in [0.717, 1.165) is 5.56 Å². The van der Waals surface area contributed by atoms with Crippen LogP contribution >= 0.6 is 0 Å². The molecule has 0 amide bonds. The van der Waals surface area contributed by atoms with Gasteiger partial charge in [-0.2, -0.15) is 0 Å². The molecule has 1 fully saturated rings. The van der Waals surface area contributed by atoms with Gasteiger partial charge in [-0.1, -0.05) is 43.2 Å². The summed E-state index contributed by atoms with van der Waals surface area (Å²) in [4.78, 5) is 0. The smallest absolute Gasteiger partial charge is 0.0245 e. The van der Waals surface area contributed by atoms with E-state index in [1.807, 2.05) is 0 Å². The van der Waals surface area contributed by atoms with Crippen molar-refractivity contribution in [2.45, 2.75) is 38.6 Å². The summed E-state index contributed by atoms with van der Waals surface area (Å²) in [6, 6.07) is 8.26. The summed E-state index contributed by atoms with van der Waals surface area (Å²) < 4.78 is 0. The molecular weight excluding hydrogens is 194 g/mol. The van der Waals surface area contributed by atoms with E-state index in [0.29, 0.717) is 12.5 Å². The van der Waals surface area contributed by atoms with Crippen molar-refractivity contribution in [3.63, 3.8) is 0 Å². The summed E-state index contributed by atoms with van der Waals surface area (Å²) in [6.07, 6.45) is 6.67. The molecule has 0 bridgehead atoms. The van der Waals surface area contributed by atoms with Crippen LogP contribution in [0.2, 0.25) is 0 Å². The van der Waals surface area contributed by atoms with E-state index in [-0.39, 0.29) is 0 Å². The second-order valence-corrected chi connectivity index (χ2v) is 4.51. The molecule has 1 heteroatoms. The number of rotatable bonds is 1. The third kappa shape index (κ3) is 3.12. The molecule has 1 aromatic carbocycles. The normalized spacial score (nSPS) is 16.6. The summed E-state index contributed by atoms with van der Waals surface area (Å²) in [5.41, 5.74) is 7.84. The highest BCUT2D eigenvalue weighted by molar-refractivity contribution is 5.36. The van der Waals surface area contributed by atoms with E-state index >= 15 is 0 Å². The molecule has 0 unspecified atom stereocenters. The molecule has 0 aromatic heterocycles. The zero-order chi connectivity index (χ0) is 11.2. The molecule has 1 nitrogen and oxygen atoms in total. The van der Waals surface area contributed by atoms with Gasteiger partial charge < -0.3 is 5.73 Å². The summed E-state index contributed by atoms with van der Waals surface area (Å²) in [5.74, 6) is 7.30. The minimum Gasteiger partial charge on any atom is -0.326 e. The Labute approximate surface area is 98.0 Å². The SMILES string of the molecule is NCc1ccc(C#CC2CCCCC2)cc1. The van der Waals surface area contributed by atoms with Crippen molar-refractivity contribution in [1.82, 2.24) is 0 Å². The van der Waals surface area contributed by atoms with Crippen LogP contribution in [-0.2, 0) is 6.54 Å². The van der Waals surface area contributed by atoms with Crippen molar-refractivity contribution < 1.29 is 0 Å². The standard InChI is InChI=1S/C15H19N/c16-12-15-10-8-14(9-11-15)7-6-13-4-2-1-3-5-13/h8-11,13H,1-5,12,16H2. The van der Waals surface area contributed by atoms with Crippen LogP contribution in [0.3, 0.4) is 0 Å². The van der Waals surface area contributed by atoms with Crippen LogP contribution in [0.5, 0.6) is 0 Å². The third-order valence-electron chi connectivity index (χ3n) is 3.22. The molecule has 1 aliphatic rings. The molecule has 2 rings (SSSR count). The fraction of sp³-hybridized carbons (Fsp3) is 0.467. The molecule has 16 heavy (non-hydrogen) atoms. The molecule has 0 spiro atoms. The summed E-state index contributed by atoms with van der Waals surface area (Å²) in [6.45, 7) is 0.607. The Kier molecular flexibility index (Phi) is 4.02. The lowest BCUT2D eigenvalue weighted by Crippen LogP contribution is -2.03. The molecule has 0 heterocycles. The van der Waals surface area contributed by atoms with Gasteiger partial charge in [-0.05, 0) is 30.5 Å². The van der Waals surface area contributed by atoms with E-state index in [1.165, 1.54) is 37.7 Å². The van der Waals surface area contributed by atoms with Crippen molar-refractivity contribution >= 4 is 0 Å². The summed E-state index contributed by atoms with van der Waals surface area (Å²) >= 11 is 0. The molecule has 1 aromatic rings. The average Bonchev–Trinajstić information content (AvgIpc) is 2.38. The van der Waals surface area contributed by atoms with Crippen molar-refractivity contribution in [3.8, 4) is 11.8 Å². The Hall–Kier alpha value is -1.26. The van der Waals surface area contributed by atoms with Gasteiger partial charge in [0, 0.05) is 18.0 Å². The van der Waals surface area contributed by atoms with E-state index in [1.54, 1.807) is 0 Å². The van der Waals surface area contributed by atoms with Crippen molar-refractivity contribution in [1.29, 1.82) is 0 Å². The maximum atomic E-state index is 5.55. The maximum absolute atomic E-state index is 5.55. The fourth-order valence-electron chi connectivity index (χ4n) is 2.16. The molecule has 84 valence electrons. The first-order valence-corrected chi connectivity index (χ1v) is 6.19. The lowest BCUT2D eigenvalue weighted by Gasteiger charge is -2.15. The molecule has 1 aliphatic carbocycles. The van der Waals surface area contributed by atoms with Crippen LogP contribution in [0, 0.1) is 17.8 Å². The lowest BCUT2D eigenvalue weighted by molar-refractivity contribution is 0.430. The van der Waals surface area contributed by atoms with Gasteiger partial charge in [0.2, 0.25) is 0 Å². The Bertz CT molecular complexity index is 374. The van der Waals surface area contributed by atoms with Crippen LogP contribution in [-0.4, -0.2) is 0 Å². The number of hydrogen-bond donors (Lipinski definition) is 1. The Balaban J connectivity index is 1.99. The van der Waals surface area contributed by atoms with Gasteiger partial charge >= 0.3 is 0 Å².